The number of hydrogen-bond acceptors (Lipinski definition) is 5. The third-order valence-corrected chi connectivity index (χ3v) is 5.96. The van der Waals surface area contributed by atoms with Crippen LogP contribution in [-0.4, -0.2) is 67.2 Å². The Balaban J connectivity index is 1.74. The number of carbonyl (C=O) groups excluding carboxylic acids is 2. The second-order valence-electron chi connectivity index (χ2n) is 7.95. The summed E-state index contributed by atoms with van der Waals surface area (Å²) in [6.07, 6.45) is 2.23. The van der Waals surface area contributed by atoms with Gasteiger partial charge in [0.15, 0.2) is 0 Å². The van der Waals surface area contributed by atoms with E-state index >= 15 is 0 Å². The smallest absolute Gasteiger partial charge is 0.410 e. The molecule has 25 heavy (non-hydrogen) atoms. The molecule has 2 aliphatic heterocycles. The number of piperidine rings is 1. The molecule has 0 aliphatic carbocycles. The molecule has 0 spiro atoms. The minimum absolute atomic E-state index is 0.0179. The van der Waals surface area contributed by atoms with Crippen LogP contribution in [0, 0.1) is 5.92 Å². The lowest BCUT2D eigenvalue weighted by molar-refractivity contribution is -0.127. The first kappa shape index (κ1) is 20.0. The van der Waals surface area contributed by atoms with Crippen LogP contribution in [0.1, 0.15) is 46.5 Å². The lowest BCUT2D eigenvalue weighted by Gasteiger charge is -2.34. The van der Waals surface area contributed by atoms with Crippen LogP contribution in [0.5, 0.6) is 0 Å². The number of carbonyl (C=O) groups is 2. The summed E-state index contributed by atoms with van der Waals surface area (Å²) in [7, 11) is -3.66. The van der Waals surface area contributed by atoms with Crippen molar-refractivity contribution in [2.45, 2.75) is 57.3 Å². The van der Waals surface area contributed by atoms with E-state index in [0.717, 1.165) is 19.3 Å². The van der Waals surface area contributed by atoms with Crippen LogP contribution in [0.15, 0.2) is 0 Å². The fraction of sp³-hybridized carbons (Fsp3) is 0.875. The molecule has 9 heteroatoms. The molecule has 2 aliphatic rings. The molecule has 0 aromatic rings. The zero-order valence-corrected chi connectivity index (χ0v) is 16.0. The van der Waals surface area contributed by atoms with Crippen LogP contribution in [-0.2, 0) is 19.6 Å². The van der Waals surface area contributed by atoms with Crippen molar-refractivity contribution in [2.75, 3.05) is 26.2 Å². The van der Waals surface area contributed by atoms with Crippen LogP contribution in [0.2, 0.25) is 0 Å². The van der Waals surface area contributed by atoms with E-state index < -0.39 is 20.9 Å². The third kappa shape index (κ3) is 5.85. The summed E-state index contributed by atoms with van der Waals surface area (Å²) < 4.78 is 28.1. The lowest BCUT2D eigenvalue weighted by Crippen LogP contribution is -2.42. The molecular formula is C16H29N3O5S. The van der Waals surface area contributed by atoms with Gasteiger partial charge in [0, 0.05) is 32.6 Å². The summed E-state index contributed by atoms with van der Waals surface area (Å²) in [6, 6.07) is 0. The van der Waals surface area contributed by atoms with Crippen molar-refractivity contribution in [2.24, 2.45) is 11.1 Å². The van der Waals surface area contributed by atoms with Gasteiger partial charge in [0.1, 0.15) is 10.9 Å². The molecule has 1 atom stereocenters. The average Bonchev–Trinajstić information content (AvgIpc) is 2.85. The Bertz CT molecular complexity index is 606. The number of ether oxygens (including phenoxy) is 1. The Labute approximate surface area is 149 Å². The molecule has 2 rings (SSSR count). The van der Waals surface area contributed by atoms with Crippen LogP contribution >= 0.6 is 0 Å². The van der Waals surface area contributed by atoms with Crippen LogP contribution in [0.3, 0.4) is 0 Å². The molecule has 0 radical (unpaired) electrons. The fourth-order valence-electron chi connectivity index (χ4n) is 3.24. The van der Waals surface area contributed by atoms with Crippen LogP contribution in [0.25, 0.3) is 0 Å². The van der Waals surface area contributed by atoms with Crippen molar-refractivity contribution in [1.29, 1.82) is 0 Å². The van der Waals surface area contributed by atoms with Gasteiger partial charge in [0.2, 0.25) is 15.9 Å². The number of sulfonamides is 1. The second kappa shape index (κ2) is 7.49. The summed E-state index contributed by atoms with van der Waals surface area (Å²) in [4.78, 5) is 27.3. The van der Waals surface area contributed by atoms with Gasteiger partial charge in [-0.05, 0) is 46.0 Å². The Kier molecular flexibility index (Phi) is 5.98. The molecule has 0 aromatic heterocycles. The predicted molar refractivity (Wildman–Crippen MR) is 93.2 cm³/mol. The normalized spacial score (nSPS) is 23.2. The minimum Gasteiger partial charge on any atom is -0.444 e. The van der Waals surface area contributed by atoms with Gasteiger partial charge in [-0.2, -0.15) is 0 Å². The molecule has 0 aromatic carbocycles. The number of likely N-dealkylation sites (tertiary alicyclic amines) is 2. The summed E-state index contributed by atoms with van der Waals surface area (Å²) >= 11 is 0. The third-order valence-electron chi connectivity index (χ3n) is 4.72. The molecular weight excluding hydrogens is 346 g/mol. The van der Waals surface area contributed by atoms with Gasteiger partial charge >= 0.3 is 6.09 Å². The largest absolute Gasteiger partial charge is 0.444 e. The lowest BCUT2D eigenvalue weighted by atomic mass is 9.93. The predicted octanol–water partition coefficient (Wildman–Crippen LogP) is 0.913. The van der Waals surface area contributed by atoms with Crippen molar-refractivity contribution < 1.29 is 22.7 Å². The number of rotatable bonds is 4. The highest BCUT2D eigenvalue weighted by Crippen LogP contribution is 2.24. The van der Waals surface area contributed by atoms with E-state index in [1.807, 2.05) is 20.8 Å². The maximum atomic E-state index is 12.0. The van der Waals surface area contributed by atoms with E-state index in [2.05, 4.69) is 0 Å². The Morgan fingerprint density at radius 3 is 2.36 bits per heavy atom. The number of amides is 2. The van der Waals surface area contributed by atoms with Crippen molar-refractivity contribution in [1.82, 2.24) is 9.80 Å². The first-order chi connectivity index (χ1) is 11.5. The molecule has 1 unspecified atom stereocenters. The quantitative estimate of drug-likeness (QED) is 0.785. The molecule has 2 amide bonds. The standard InChI is InChI=1S/C16H29N3O5S/c1-16(2,3)24-15(21)18-7-4-12(5-8-18)6-9-19-11-13(10-14(19)20)25(17,22)23/h12-13H,4-11H2,1-3H3,(H2,17,22,23). The highest BCUT2D eigenvalue weighted by Gasteiger charge is 2.36. The van der Waals surface area contributed by atoms with Crippen molar-refractivity contribution in [3.05, 3.63) is 0 Å². The van der Waals surface area contributed by atoms with Gasteiger partial charge in [0.25, 0.3) is 0 Å². The topological polar surface area (TPSA) is 110 Å². The summed E-state index contributed by atoms with van der Waals surface area (Å²) in [5, 5.41) is 4.35. The summed E-state index contributed by atoms with van der Waals surface area (Å²) in [5.74, 6) is 0.269. The summed E-state index contributed by atoms with van der Waals surface area (Å²) in [5.41, 5.74) is -0.496. The van der Waals surface area contributed by atoms with E-state index in [9.17, 15) is 18.0 Å². The fourth-order valence-corrected chi connectivity index (χ4v) is 4.00. The monoisotopic (exact) mass is 375 g/mol. The van der Waals surface area contributed by atoms with Gasteiger partial charge in [-0.1, -0.05) is 0 Å². The maximum Gasteiger partial charge on any atom is 0.410 e. The minimum atomic E-state index is -3.66. The van der Waals surface area contributed by atoms with Crippen molar-refractivity contribution in [3.63, 3.8) is 0 Å². The molecule has 2 saturated heterocycles. The molecule has 0 saturated carbocycles. The number of hydrogen-bond donors (Lipinski definition) is 1. The zero-order chi connectivity index (χ0) is 18.8. The summed E-state index contributed by atoms with van der Waals surface area (Å²) in [6.45, 7) is 7.57. The Morgan fingerprint density at radius 1 is 1.28 bits per heavy atom. The Hall–Kier alpha value is -1.35. The van der Waals surface area contributed by atoms with E-state index in [-0.39, 0.29) is 25.0 Å². The number of nitrogens with two attached hydrogens (primary N) is 1. The van der Waals surface area contributed by atoms with E-state index in [0.29, 0.717) is 25.6 Å². The number of primary sulfonamides is 1. The molecule has 2 fully saturated rings. The van der Waals surface area contributed by atoms with Gasteiger partial charge in [0.05, 0.1) is 0 Å². The SMILES string of the molecule is CC(C)(C)OC(=O)N1CCC(CCN2CC(S(N)(=O)=O)CC2=O)CC1. The average molecular weight is 375 g/mol. The van der Waals surface area contributed by atoms with Crippen LogP contribution in [0.4, 0.5) is 4.79 Å². The van der Waals surface area contributed by atoms with E-state index in [1.165, 1.54) is 0 Å². The van der Waals surface area contributed by atoms with Gasteiger partial charge < -0.3 is 14.5 Å². The highest BCUT2D eigenvalue weighted by atomic mass is 32.2. The maximum absolute atomic E-state index is 12.0. The Morgan fingerprint density at radius 2 is 1.88 bits per heavy atom. The molecule has 8 nitrogen and oxygen atoms in total. The van der Waals surface area contributed by atoms with Gasteiger partial charge in [-0.3, -0.25) is 4.79 Å². The highest BCUT2D eigenvalue weighted by molar-refractivity contribution is 7.89. The first-order valence-corrected chi connectivity index (χ1v) is 10.3. The van der Waals surface area contributed by atoms with E-state index in [4.69, 9.17) is 9.88 Å². The molecule has 144 valence electrons. The first-order valence-electron chi connectivity index (χ1n) is 8.73. The number of nitrogens with zero attached hydrogens (tertiary/aromatic N) is 2. The second-order valence-corrected chi connectivity index (χ2v) is 9.80. The molecule has 2 heterocycles. The van der Waals surface area contributed by atoms with E-state index in [1.54, 1.807) is 9.80 Å². The van der Waals surface area contributed by atoms with Gasteiger partial charge in [-0.15, -0.1) is 0 Å². The molecule has 0 bridgehead atoms. The molecule has 2 N–H and O–H groups in total. The van der Waals surface area contributed by atoms with Crippen LogP contribution < -0.4 is 5.14 Å². The zero-order valence-electron chi connectivity index (χ0n) is 15.2. The van der Waals surface area contributed by atoms with Gasteiger partial charge in [-0.25, -0.2) is 18.4 Å². The van der Waals surface area contributed by atoms with Crippen molar-refractivity contribution in [3.8, 4) is 0 Å². The van der Waals surface area contributed by atoms with Crippen molar-refractivity contribution >= 4 is 22.0 Å².